The van der Waals surface area contributed by atoms with E-state index in [0.29, 0.717) is 12.0 Å². The molecule has 2 heteroatoms. The third-order valence-electron chi connectivity index (χ3n) is 4.23. The highest BCUT2D eigenvalue weighted by Gasteiger charge is 2.24. The number of pyridine rings is 1. The molecule has 0 unspecified atom stereocenters. The number of hydrogen-bond acceptors (Lipinski definition) is 1. The van der Waals surface area contributed by atoms with Gasteiger partial charge in [0.2, 0.25) is 5.52 Å². The summed E-state index contributed by atoms with van der Waals surface area (Å²) in [5, 5.41) is 4.86. The summed E-state index contributed by atoms with van der Waals surface area (Å²) >= 11 is 0. The monoisotopic (exact) mass is 255 g/mol. The van der Waals surface area contributed by atoms with Crippen molar-refractivity contribution in [3.8, 4) is 0 Å². The van der Waals surface area contributed by atoms with Crippen molar-refractivity contribution >= 4 is 10.9 Å². The van der Waals surface area contributed by atoms with Crippen LogP contribution in [-0.4, -0.2) is 13.1 Å². The number of piperidine rings is 1. The molecular weight excluding hydrogens is 232 g/mol. The predicted octanol–water partition coefficient (Wildman–Crippen LogP) is 3.18. The van der Waals surface area contributed by atoms with Gasteiger partial charge in [-0.05, 0) is 17.5 Å². The van der Waals surface area contributed by atoms with Crippen LogP contribution in [0.1, 0.15) is 44.2 Å². The second-order valence-corrected chi connectivity index (χ2v) is 5.83. The maximum Gasteiger partial charge on any atom is 0.212 e. The van der Waals surface area contributed by atoms with Crippen molar-refractivity contribution in [3.63, 3.8) is 0 Å². The zero-order valence-corrected chi connectivity index (χ0v) is 11.9. The highest BCUT2D eigenvalue weighted by Crippen LogP contribution is 2.24. The second kappa shape index (κ2) is 5.30. The summed E-state index contributed by atoms with van der Waals surface area (Å²) < 4.78 is 2.49. The molecule has 3 rings (SSSR count). The van der Waals surface area contributed by atoms with E-state index in [1.165, 1.54) is 29.3 Å². The molecule has 0 aliphatic carbocycles. The van der Waals surface area contributed by atoms with E-state index in [4.69, 9.17) is 0 Å². The summed E-state index contributed by atoms with van der Waals surface area (Å²) in [5.41, 5.74) is 2.85. The minimum Gasteiger partial charge on any atom is -0.316 e. The van der Waals surface area contributed by atoms with Gasteiger partial charge in [0.15, 0.2) is 12.2 Å². The summed E-state index contributed by atoms with van der Waals surface area (Å²) in [6.45, 7) is 6.82. The van der Waals surface area contributed by atoms with Gasteiger partial charge in [-0.15, -0.1) is 0 Å². The van der Waals surface area contributed by atoms with Crippen LogP contribution < -0.4 is 9.88 Å². The molecule has 0 saturated carbocycles. The van der Waals surface area contributed by atoms with Crippen LogP contribution in [0.4, 0.5) is 0 Å². The summed E-state index contributed by atoms with van der Waals surface area (Å²) in [5.74, 6) is 0.576. The number of aromatic nitrogens is 1. The molecule has 1 N–H and O–H groups in total. The third-order valence-corrected chi connectivity index (χ3v) is 4.23. The fourth-order valence-electron chi connectivity index (χ4n) is 3.18. The Hall–Kier alpha value is -1.41. The van der Waals surface area contributed by atoms with E-state index in [-0.39, 0.29) is 0 Å². The first-order valence-electron chi connectivity index (χ1n) is 7.41. The molecule has 1 saturated heterocycles. The minimum absolute atomic E-state index is 0.576. The molecule has 0 radical (unpaired) electrons. The van der Waals surface area contributed by atoms with Crippen LogP contribution in [0.15, 0.2) is 36.5 Å². The molecule has 1 aromatic heterocycles. The molecule has 0 bridgehead atoms. The van der Waals surface area contributed by atoms with Gasteiger partial charge in [0, 0.05) is 43.5 Å². The van der Waals surface area contributed by atoms with Gasteiger partial charge in [0.05, 0.1) is 0 Å². The normalized spacial score (nSPS) is 17.2. The molecule has 1 aliphatic heterocycles. The van der Waals surface area contributed by atoms with Gasteiger partial charge in [0.25, 0.3) is 0 Å². The lowest BCUT2D eigenvalue weighted by molar-refractivity contribution is -0.700. The smallest absolute Gasteiger partial charge is 0.212 e. The summed E-state index contributed by atoms with van der Waals surface area (Å²) in [6.07, 6.45) is 4.76. The van der Waals surface area contributed by atoms with Crippen LogP contribution in [-0.2, 0) is 0 Å². The quantitative estimate of drug-likeness (QED) is 0.815. The summed E-state index contributed by atoms with van der Waals surface area (Å²) in [4.78, 5) is 0. The topological polar surface area (TPSA) is 15.9 Å². The van der Waals surface area contributed by atoms with Gasteiger partial charge in [-0.3, -0.25) is 0 Å². The second-order valence-electron chi connectivity index (χ2n) is 5.83. The lowest BCUT2D eigenvalue weighted by Crippen LogP contribution is -2.45. The minimum atomic E-state index is 0.576. The number of hydrogen-bond donors (Lipinski definition) is 1. The molecule has 0 amide bonds. The first kappa shape index (κ1) is 12.6. The largest absolute Gasteiger partial charge is 0.316 e. The van der Waals surface area contributed by atoms with Gasteiger partial charge in [-0.1, -0.05) is 26.0 Å². The van der Waals surface area contributed by atoms with Crippen molar-refractivity contribution in [3.05, 3.63) is 42.1 Å². The van der Waals surface area contributed by atoms with Crippen molar-refractivity contribution < 1.29 is 4.57 Å². The van der Waals surface area contributed by atoms with Crippen molar-refractivity contribution in [2.75, 3.05) is 13.1 Å². The van der Waals surface area contributed by atoms with E-state index in [1.54, 1.807) is 0 Å². The Morgan fingerprint density at radius 2 is 1.84 bits per heavy atom. The molecule has 1 aliphatic rings. The molecule has 100 valence electrons. The van der Waals surface area contributed by atoms with Crippen LogP contribution >= 0.6 is 0 Å². The molecule has 19 heavy (non-hydrogen) atoms. The van der Waals surface area contributed by atoms with Crippen LogP contribution in [0.3, 0.4) is 0 Å². The van der Waals surface area contributed by atoms with Gasteiger partial charge in [-0.2, -0.15) is 4.57 Å². The first-order valence-corrected chi connectivity index (χ1v) is 7.41. The standard InChI is InChI=1S/C17H23N2/c1-13(2)15-9-12-19(14-7-10-18-11-8-14)17-6-4-3-5-16(15)17/h3-6,9,12-14,18H,7-8,10-11H2,1-2H3/q+1. The van der Waals surface area contributed by atoms with Gasteiger partial charge < -0.3 is 5.32 Å². The Morgan fingerprint density at radius 1 is 1.11 bits per heavy atom. The Balaban J connectivity index is 2.13. The highest BCUT2D eigenvalue weighted by molar-refractivity contribution is 5.79. The maximum absolute atomic E-state index is 3.45. The van der Waals surface area contributed by atoms with Crippen molar-refractivity contribution in [2.45, 2.75) is 38.6 Å². The number of benzene rings is 1. The Kier molecular flexibility index (Phi) is 3.52. The van der Waals surface area contributed by atoms with Crippen LogP contribution in [0.2, 0.25) is 0 Å². The van der Waals surface area contributed by atoms with E-state index in [9.17, 15) is 0 Å². The summed E-state index contributed by atoms with van der Waals surface area (Å²) in [6, 6.07) is 11.8. The van der Waals surface area contributed by atoms with E-state index >= 15 is 0 Å². The molecular formula is C17H23N2+. The van der Waals surface area contributed by atoms with E-state index in [0.717, 1.165) is 13.1 Å². The number of nitrogens with zero attached hydrogens (tertiary/aromatic N) is 1. The number of para-hydroxylation sites is 1. The first-order chi connectivity index (χ1) is 9.27. The Morgan fingerprint density at radius 3 is 2.58 bits per heavy atom. The van der Waals surface area contributed by atoms with Gasteiger partial charge in [-0.25, -0.2) is 0 Å². The van der Waals surface area contributed by atoms with Gasteiger partial charge in [0.1, 0.15) is 0 Å². The highest BCUT2D eigenvalue weighted by atomic mass is 15.0. The third kappa shape index (κ3) is 2.37. The Labute approximate surface area is 115 Å². The molecule has 1 fully saturated rings. The average Bonchev–Trinajstić information content (AvgIpc) is 2.47. The van der Waals surface area contributed by atoms with Crippen LogP contribution in [0, 0.1) is 0 Å². The van der Waals surface area contributed by atoms with Crippen molar-refractivity contribution in [1.29, 1.82) is 0 Å². The number of fused-ring (bicyclic) bond motifs is 1. The Bertz CT molecular complexity index is 568. The SMILES string of the molecule is CC(C)c1cc[n+](C2CCNCC2)c2ccccc12. The lowest BCUT2D eigenvalue weighted by Gasteiger charge is -2.20. The summed E-state index contributed by atoms with van der Waals surface area (Å²) in [7, 11) is 0. The van der Waals surface area contributed by atoms with E-state index in [2.05, 4.69) is 60.3 Å². The van der Waals surface area contributed by atoms with E-state index < -0.39 is 0 Å². The van der Waals surface area contributed by atoms with Crippen molar-refractivity contribution in [2.24, 2.45) is 0 Å². The fraction of sp³-hybridized carbons (Fsp3) is 0.471. The zero-order chi connectivity index (χ0) is 13.2. The van der Waals surface area contributed by atoms with E-state index in [1.807, 2.05) is 0 Å². The lowest BCUT2D eigenvalue weighted by atomic mass is 9.97. The molecule has 2 heterocycles. The molecule has 0 atom stereocenters. The molecule has 2 aromatic rings. The average molecular weight is 255 g/mol. The molecule has 2 nitrogen and oxygen atoms in total. The zero-order valence-electron chi connectivity index (χ0n) is 11.9. The predicted molar refractivity (Wildman–Crippen MR) is 79.4 cm³/mol. The van der Waals surface area contributed by atoms with Crippen molar-refractivity contribution in [1.82, 2.24) is 5.32 Å². The number of rotatable bonds is 2. The van der Waals surface area contributed by atoms with Crippen LogP contribution in [0.25, 0.3) is 10.9 Å². The van der Waals surface area contributed by atoms with Gasteiger partial charge >= 0.3 is 0 Å². The fourth-order valence-corrected chi connectivity index (χ4v) is 3.18. The van der Waals surface area contributed by atoms with Crippen LogP contribution in [0.5, 0.6) is 0 Å². The molecule has 0 spiro atoms. The number of nitrogens with one attached hydrogen (secondary N) is 1. The molecule has 1 aromatic carbocycles. The maximum atomic E-state index is 3.45.